The van der Waals surface area contributed by atoms with Crippen molar-refractivity contribution in [3.8, 4) is 0 Å². The van der Waals surface area contributed by atoms with Gasteiger partial charge in [-0.15, -0.1) is 0 Å². The maximum Gasteiger partial charge on any atom is 0.326 e. The molecule has 0 bridgehead atoms. The van der Waals surface area contributed by atoms with Gasteiger partial charge in [-0.3, -0.25) is 9.69 Å². The van der Waals surface area contributed by atoms with Gasteiger partial charge >= 0.3 is 6.03 Å². The average Bonchev–Trinajstić information content (AvgIpc) is 3.04. The second-order valence-corrected chi connectivity index (χ2v) is 6.21. The molecule has 0 spiro atoms. The molecular formula is C13H23N3O2. The molecule has 0 aromatic rings. The molecular weight excluding hydrogens is 230 g/mol. The van der Waals surface area contributed by atoms with E-state index in [0.29, 0.717) is 18.5 Å². The van der Waals surface area contributed by atoms with Gasteiger partial charge in [0.15, 0.2) is 0 Å². The van der Waals surface area contributed by atoms with Crippen LogP contribution < -0.4 is 5.32 Å². The molecule has 3 amide bonds. The number of imide groups is 1. The highest BCUT2D eigenvalue weighted by molar-refractivity contribution is 6.07. The predicted octanol–water partition coefficient (Wildman–Crippen LogP) is 1.25. The quantitative estimate of drug-likeness (QED) is 0.750. The van der Waals surface area contributed by atoms with E-state index in [1.165, 1.54) is 4.90 Å². The molecule has 2 rings (SSSR count). The van der Waals surface area contributed by atoms with E-state index in [9.17, 15) is 9.59 Å². The summed E-state index contributed by atoms with van der Waals surface area (Å²) < 4.78 is 0. The first-order valence-electron chi connectivity index (χ1n) is 6.67. The van der Waals surface area contributed by atoms with Gasteiger partial charge in [0.2, 0.25) is 0 Å². The van der Waals surface area contributed by atoms with Crippen LogP contribution in [0.5, 0.6) is 0 Å². The van der Waals surface area contributed by atoms with Gasteiger partial charge in [0.05, 0.1) is 6.67 Å². The maximum atomic E-state index is 12.4. The largest absolute Gasteiger partial charge is 0.326 e. The third-order valence-corrected chi connectivity index (χ3v) is 3.75. The van der Waals surface area contributed by atoms with Crippen LogP contribution in [0.25, 0.3) is 0 Å². The Bertz CT molecular complexity index is 365. The van der Waals surface area contributed by atoms with Gasteiger partial charge in [-0.05, 0) is 38.6 Å². The van der Waals surface area contributed by atoms with Crippen LogP contribution in [0.15, 0.2) is 0 Å². The molecule has 2 fully saturated rings. The number of carbonyl (C=O) groups is 2. The predicted molar refractivity (Wildman–Crippen MR) is 68.8 cm³/mol. The van der Waals surface area contributed by atoms with E-state index in [1.807, 2.05) is 18.9 Å². The molecule has 1 unspecified atom stereocenters. The highest BCUT2D eigenvalue weighted by atomic mass is 16.2. The lowest BCUT2D eigenvalue weighted by atomic mass is 9.96. The number of nitrogens with one attached hydrogen (secondary N) is 1. The number of hydrogen-bond acceptors (Lipinski definition) is 3. The summed E-state index contributed by atoms with van der Waals surface area (Å²) in [6.07, 6.45) is 2.08. The van der Waals surface area contributed by atoms with Crippen molar-refractivity contribution >= 4 is 11.9 Å². The molecule has 5 nitrogen and oxygen atoms in total. The van der Waals surface area contributed by atoms with Gasteiger partial charge in [0.25, 0.3) is 5.91 Å². The van der Waals surface area contributed by atoms with Gasteiger partial charge in [-0.2, -0.15) is 0 Å². The normalized spacial score (nSPS) is 28.4. The summed E-state index contributed by atoms with van der Waals surface area (Å²) >= 11 is 0. The van der Waals surface area contributed by atoms with Crippen LogP contribution >= 0.6 is 0 Å². The van der Waals surface area contributed by atoms with Gasteiger partial charge in [-0.1, -0.05) is 13.8 Å². The Morgan fingerprint density at radius 2 is 2.06 bits per heavy atom. The van der Waals surface area contributed by atoms with Crippen LogP contribution in [0.1, 0.15) is 33.6 Å². The Labute approximate surface area is 108 Å². The molecule has 2 aliphatic rings. The van der Waals surface area contributed by atoms with Crippen LogP contribution in [0.2, 0.25) is 0 Å². The summed E-state index contributed by atoms with van der Waals surface area (Å²) in [5.41, 5.74) is -0.657. The van der Waals surface area contributed by atoms with E-state index in [4.69, 9.17) is 0 Å². The second-order valence-electron chi connectivity index (χ2n) is 6.21. The summed E-state index contributed by atoms with van der Waals surface area (Å²) in [6, 6.07) is -0.245. The van der Waals surface area contributed by atoms with E-state index >= 15 is 0 Å². The minimum atomic E-state index is -0.657. The number of nitrogens with zero attached hydrogens (tertiary/aromatic N) is 2. The highest BCUT2D eigenvalue weighted by Gasteiger charge is 2.55. The molecule has 1 saturated carbocycles. The zero-order chi connectivity index (χ0) is 13.5. The SMILES string of the molecule is CC(C)CN(C)CN1C(=O)NC(C)(C2CC2)C1=O. The fourth-order valence-corrected chi connectivity index (χ4v) is 2.70. The Hall–Kier alpha value is -1.10. The van der Waals surface area contributed by atoms with Crippen molar-refractivity contribution in [2.45, 2.75) is 39.2 Å². The Kier molecular flexibility index (Phi) is 3.36. The minimum absolute atomic E-state index is 0.0643. The highest BCUT2D eigenvalue weighted by Crippen LogP contribution is 2.42. The lowest BCUT2D eigenvalue weighted by molar-refractivity contribution is -0.132. The van der Waals surface area contributed by atoms with E-state index in [1.54, 1.807) is 0 Å². The van der Waals surface area contributed by atoms with Crippen molar-refractivity contribution in [1.29, 1.82) is 0 Å². The zero-order valence-corrected chi connectivity index (χ0v) is 11.7. The van der Waals surface area contributed by atoms with E-state index < -0.39 is 5.54 Å². The summed E-state index contributed by atoms with van der Waals surface area (Å²) in [4.78, 5) is 27.6. The van der Waals surface area contributed by atoms with Crippen molar-refractivity contribution < 1.29 is 9.59 Å². The molecule has 1 atom stereocenters. The maximum absolute atomic E-state index is 12.4. The summed E-state index contributed by atoms with van der Waals surface area (Å²) in [5.74, 6) is 0.783. The Balaban J connectivity index is 2.01. The van der Waals surface area contributed by atoms with Crippen LogP contribution in [-0.4, -0.2) is 47.5 Å². The molecule has 1 aliphatic carbocycles. The first-order chi connectivity index (χ1) is 8.34. The van der Waals surface area contributed by atoms with Crippen LogP contribution in [0, 0.1) is 11.8 Å². The zero-order valence-electron chi connectivity index (χ0n) is 11.7. The first-order valence-corrected chi connectivity index (χ1v) is 6.67. The Morgan fingerprint density at radius 1 is 1.44 bits per heavy atom. The molecule has 5 heteroatoms. The van der Waals surface area contributed by atoms with Gasteiger partial charge < -0.3 is 5.32 Å². The van der Waals surface area contributed by atoms with Crippen molar-refractivity contribution in [3.63, 3.8) is 0 Å². The van der Waals surface area contributed by atoms with Crippen LogP contribution in [-0.2, 0) is 4.79 Å². The molecule has 0 aromatic heterocycles. The first kappa shape index (κ1) is 13.3. The molecule has 1 N–H and O–H groups in total. The standard InChI is InChI=1S/C13H23N3O2/c1-9(2)7-15(4)8-16-11(17)13(3,10-5-6-10)14-12(16)18/h9-10H,5-8H2,1-4H3,(H,14,18). The molecule has 1 heterocycles. The lowest BCUT2D eigenvalue weighted by Crippen LogP contribution is -2.47. The number of urea groups is 1. The molecule has 1 saturated heterocycles. The topological polar surface area (TPSA) is 52.6 Å². The van der Waals surface area contributed by atoms with E-state index in [-0.39, 0.29) is 11.9 Å². The Morgan fingerprint density at radius 3 is 2.56 bits per heavy atom. The van der Waals surface area contributed by atoms with E-state index in [2.05, 4.69) is 19.2 Å². The number of hydrogen-bond donors (Lipinski definition) is 1. The van der Waals surface area contributed by atoms with E-state index in [0.717, 1.165) is 19.4 Å². The van der Waals surface area contributed by atoms with Crippen molar-refractivity contribution in [3.05, 3.63) is 0 Å². The molecule has 0 aromatic carbocycles. The average molecular weight is 253 g/mol. The van der Waals surface area contributed by atoms with Crippen LogP contribution in [0.4, 0.5) is 4.79 Å². The minimum Gasteiger partial charge on any atom is -0.323 e. The number of amides is 3. The summed E-state index contributed by atoms with van der Waals surface area (Å²) in [6.45, 7) is 7.35. The van der Waals surface area contributed by atoms with Crippen molar-refractivity contribution in [1.82, 2.24) is 15.1 Å². The monoisotopic (exact) mass is 253 g/mol. The second kappa shape index (κ2) is 4.53. The van der Waals surface area contributed by atoms with Crippen molar-refractivity contribution in [2.24, 2.45) is 11.8 Å². The van der Waals surface area contributed by atoms with Gasteiger partial charge in [-0.25, -0.2) is 9.69 Å². The van der Waals surface area contributed by atoms with Crippen LogP contribution in [0.3, 0.4) is 0 Å². The molecule has 102 valence electrons. The van der Waals surface area contributed by atoms with Crippen molar-refractivity contribution in [2.75, 3.05) is 20.3 Å². The molecule has 0 radical (unpaired) electrons. The third kappa shape index (κ3) is 2.36. The fourth-order valence-electron chi connectivity index (χ4n) is 2.70. The number of rotatable bonds is 5. The molecule has 18 heavy (non-hydrogen) atoms. The summed E-state index contributed by atoms with van der Waals surface area (Å²) in [5, 5.41) is 2.86. The smallest absolute Gasteiger partial charge is 0.323 e. The van der Waals surface area contributed by atoms with Gasteiger partial charge in [0, 0.05) is 6.54 Å². The molecule has 1 aliphatic heterocycles. The lowest BCUT2D eigenvalue weighted by Gasteiger charge is -2.25. The fraction of sp³-hybridized carbons (Fsp3) is 0.846. The van der Waals surface area contributed by atoms with Gasteiger partial charge in [0.1, 0.15) is 5.54 Å². The number of carbonyl (C=O) groups excluding carboxylic acids is 2. The third-order valence-electron chi connectivity index (χ3n) is 3.75. The summed E-state index contributed by atoms with van der Waals surface area (Å²) in [7, 11) is 1.94.